The summed E-state index contributed by atoms with van der Waals surface area (Å²) in [5.74, 6) is 0.00681. The Morgan fingerprint density at radius 1 is 1.58 bits per heavy atom. The van der Waals surface area contributed by atoms with E-state index in [0.29, 0.717) is 6.54 Å². The number of carbonyl (C=O) groups is 1. The van der Waals surface area contributed by atoms with Crippen molar-refractivity contribution >= 4 is 5.91 Å². The fourth-order valence-electron chi connectivity index (χ4n) is 1.50. The molecule has 3 heteroatoms. The molecule has 1 atom stereocenters. The third-order valence-electron chi connectivity index (χ3n) is 2.19. The minimum absolute atomic E-state index is 0.00681. The molecule has 0 aliphatic carbocycles. The van der Waals surface area contributed by atoms with Crippen LogP contribution < -0.4 is 5.73 Å². The van der Waals surface area contributed by atoms with Gasteiger partial charge in [0.25, 0.3) is 0 Å². The van der Waals surface area contributed by atoms with Crippen LogP contribution in [-0.4, -0.2) is 29.9 Å². The molecule has 1 aliphatic rings. The van der Waals surface area contributed by atoms with E-state index in [9.17, 15) is 4.79 Å². The van der Waals surface area contributed by atoms with Crippen LogP contribution in [0.4, 0.5) is 0 Å². The van der Waals surface area contributed by atoms with Gasteiger partial charge in [-0.1, -0.05) is 13.0 Å². The van der Waals surface area contributed by atoms with E-state index in [0.717, 1.165) is 25.8 Å². The van der Waals surface area contributed by atoms with Gasteiger partial charge >= 0.3 is 0 Å². The van der Waals surface area contributed by atoms with Gasteiger partial charge in [0, 0.05) is 19.1 Å². The molecule has 12 heavy (non-hydrogen) atoms. The standard InChI is InChI=1S/C9H16N2O/c1-2-9(12)11-6-4-3-5-8(10)7-11/h2,8H,1,3-7,10H2. The van der Waals surface area contributed by atoms with Crippen LogP contribution in [0.2, 0.25) is 0 Å². The third kappa shape index (κ3) is 2.34. The zero-order valence-corrected chi connectivity index (χ0v) is 7.33. The van der Waals surface area contributed by atoms with Gasteiger partial charge in [-0.05, 0) is 18.9 Å². The molecule has 0 aromatic carbocycles. The predicted octanol–water partition coefficient (Wildman–Crippen LogP) is 0.512. The normalized spacial score (nSPS) is 24.8. The third-order valence-corrected chi connectivity index (χ3v) is 2.19. The Labute approximate surface area is 73.2 Å². The molecule has 1 unspecified atom stereocenters. The van der Waals surface area contributed by atoms with E-state index >= 15 is 0 Å². The molecule has 2 N–H and O–H groups in total. The van der Waals surface area contributed by atoms with Gasteiger partial charge in [0.1, 0.15) is 0 Å². The highest BCUT2D eigenvalue weighted by molar-refractivity contribution is 5.87. The fraction of sp³-hybridized carbons (Fsp3) is 0.667. The lowest BCUT2D eigenvalue weighted by atomic mass is 10.2. The summed E-state index contributed by atoms with van der Waals surface area (Å²) >= 11 is 0. The zero-order chi connectivity index (χ0) is 8.97. The van der Waals surface area contributed by atoms with Gasteiger partial charge in [-0.15, -0.1) is 0 Å². The first-order valence-corrected chi connectivity index (χ1v) is 4.41. The minimum atomic E-state index is 0.00681. The summed E-state index contributed by atoms with van der Waals surface area (Å²) in [6.07, 6.45) is 4.58. The van der Waals surface area contributed by atoms with Crippen molar-refractivity contribution in [1.82, 2.24) is 4.90 Å². The number of nitrogens with two attached hydrogens (primary N) is 1. The van der Waals surface area contributed by atoms with E-state index in [1.54, 1.807) is 4.90 Å². The molecule has 0 aromatic rings. The summed E-state index contributed by atoms with van der Waals surface area (Å²) in [5.41, 5.74) is 5.79. The van der Waals surface area contributed by atoms with Crippen molar-refractivity contribution in [3.63, 3.8) is 0 Å². The van der Waals surface area contributed by atoms with Gasteiger partial charge in [-0.3, -0.25) is 4.79 Å². The van der Waals surface area contributed by atoms with Gasteiger partial charge in [-0.2, -0.15) is 0 Å². The molecule has 1 rings (SSSR count). The van der Waals surface area contributed by atoms with Crippen LogP contribution in [0.3, 0.4) is 0 Å². The maximum absolute atomic E-state index is 11.2. The van der Waals surface area contributed by atoms with E-state index < -0.39 is 0 Å². The van der Waals surface area contributed by atoms with Crippen molar-refractivity contribution in [2.75, 3.05) is 13.1 Å². The summed E-state index contributed by atoms with van der Waals surface area (Å²) in [5, 5.41) is 0. The second-order valence-electron chi connectivity index (χ2n) is 3.24. The van der Waals surface area contributed by atoms with Crippen LogP contribution in [0.1, 0.15) is 19.3 Å². The Hall–Kier alpha value is -0.830. The van der Waals surface area contributed by atoms with Gasteiger partial charge in [0.05, 0.1) is 0 Å². The summed E-state index contributed by atoms with van der Waals surface area (Å²) in [6, 6.07) is 0.149. The molecule has 1 amide bonds. The first-order valence-electron chi connectivity index (χ1n) is 4.41. The lowest BCUT2D eigenvalue weighted by Crippen LogP contribution is -2.38. The summed E-state index contributed by atoms with van der Waals surface area (Å²) in [6.45, 7) is 4.98. The monoisotopic (exact) mass is 168 g/mol. The first-order chi connectivity index (χ1) is 5.74. The second kappa shape index (κ2) is 4.26. The Balaban J connectivity index is 2.51. The molecular weight excluding hydrogens is 152 g/mol. The summed E-state index contributed by atoms with van der Waals surface area (Å²) in [7, 11) is 0. The van der Waals surface area contributed by atoms with Crippen LogP contribution in [0, 0.1) is 0 Å². The molecule has 0 radical (unpaired) electrons. The zero-order valence-electron chi connectivity index (χ0n) is 7.33. The highest BCUT2D eigenvalue weighted by atomic mass is 16.2. The number of amides is 1. The Morgan fingerprint density at radius 3 is 3.00 bits per heavy atom. The molecule has 1 fully saturated rings. The SMILES string of the molecule is C=CC(=O)N1CCCCC(N)C1. The van der Waals surface area contributed by atoms with E-state index in [1.807, 2.05) is 0 Å². The molecule has 1 saturated heterocycles. The molecule has 1 aliphatic heterocycles. The lowest BCUT2D eigenvalue weighted by Gasteiger charge is -2.20. The number of hydrogen-bond acceptors (Lipinski definition) is 2. The maximum Gasteiger partial charge on any atom is 0.246 e. The number of likely N-dealkylation sites (tertiary alicyclic amines) is 1. The minimum Gasteiger partial charge on any atom is -0.338 e. The quantitative estimate of drug-likeness (QED) is 0.580. The van der Waals surface area contributed by atoms with Crippen molar-refractivity contribution in [3.8, 4) is 0 Å². The average Bonchev–Trinajstić information content (AvgIpc) is 2.28. The van der Waals surface area contributed by atoms with Crippen LogP contribution in [0.5, 0.6) is 0 Å². The fourth-order valence-corrected chi connectivity index (χ4v) is 1.50. The highest BCUT2D eigenvalue weighted by Gasteiger charge is 2.17. The molecule has 68 valence electrons. The number of carbonyl (C=O) groups excluding carboxylic acids is 1. The van der Waals surface area contributed by atoms with Crippen molar-refractivity contribution in [2.45, 2.75) is 25.3 Å². The van der Waals surface area contributed by atoms with Crippen LogP contribution in [0.15, 0.2) is 12.7 Å². The van der Waals surface area contributed by atoms with Crippen molar-refractivity contribution in [3.05, 3.63) is 12.7 Å². The molecule has 0 spiro atoms. The second-order valence-corrected chi connectivity index (χ2v) is 3.24. The van der Waals surface area contributed by atoms with Gasteiger partial charge in [0.15, 0.2) is 0 Å². The lowest BCUT2D eigenvalue weighted by molar-refractivity contribution is -0.126. The molecule has 0 saturated carbocycles. The highest BCUT2D eigenvalue weighted by Crippen LogP contribution is 2.09. The Bertz CT molecular complexity index is 179. The molecular formula is C9H16N2O. The van der Waals surface area contributed by atoms with Crippen molar-refractivity contribution < 1.29 is 4.79 Å². The van der Waals surface area contributed by atoms with E-state index in [4.69, 9.17) is 5.73 Å². The molecule has 1 heterocycles. The van der Waals surface area contributed by atoms with E-state index in [2.05, 4.69) is 6.58 Å². The molecule has 0 aromatic heterocycles. The van der Waals surface area contributed by atoms with Crippen LogP contribution in [0.25, 0.3) is 0 Å². The van der Waals surface area contributed by atoms with Gasteiger partial charge in [-0.25, -0.2) is 0 Å². The topological polar surface area (TPSA) is 46.3 Å². The average molecular weight is 168 g/mol. The van der Waals surface area contributed by atoms with Crippen molar-refractivity contribution in [2.24, 2.45) is 5.73 Å². The molecule has 0 bridgehead atoms. The number of hydrogen-bond donors (Lipinski definition) is 1. The first kappa shape index (κ1) is 9.26. The van der Waals surface area contributed by atoms with Gasteiger partial charge < -0.3 is 10.6 Å². The number of rotatable bonds is 1. The predicted molar refractivity (Wildman–Crippen MR) is 48.6 cm³/mol. The summed E-state index contributed by atoms with van der Waals surface area (Å²) < 4.78 is 0. The summed E-state index contributed by atoms with van der Waals surface area (Å²) in [4.78, 5) is 13.0. The van der Waals surface area contributed by atoms with Crippen LogP contribution in [-0.2, 0) is 4.79 Å². The smallest absolute Gasteiger partial charge is 0.246 e. The molecule has 3 nitrogen and oxygen atoms in total. The van der Waals surface area contributed by atoms with Gasteiger partial charge in [0.2, 0.25) is 5.91 Å². The Morgan fingerprint density at radius 2 is 2.33 bits per heavy atom. The van der Waals surface area contributed by atoms with Crippen molar-refractivity contribution in [1.29, 1.82) is 0 Å². The van der Waals surface area contributed by atoms with E-state index in [-0.39, 0.29) is 11.9 Å². The van der Waals surface area contributed by atoms with E-state index in [1.165, 1.54) is 6.08 Å². The number of nitrogens with zero attached hydrogens (tertiary/aromatic N) is 1. The Kier molecular flexibility index (Phi) is 3.29. The maximum atomic E-state index is 11.2. The van der Waals surface area contributed by atoms with Crippen LogP contribution >= 0.6 is 0 Å². The largest absolute Gasteiger partial charge is 0.338 e.